The molecule has 0 spiro atoms. The summed E-state index contributed by atoms with van der Waals surface area (Å²) < 4.78 is 1.47. The fraction of sp³-hybridized carbons (Fsp3) is 0.0714. The van der Waals surface area contributed by atoms with E-state index in [4.69, 9.17) is 23.2 Å². The van der Waals surface area contributed by atoms with Crippen LogP contribution < -0.4 is 0 Å². The maximum Gasteiger partial charge on any atom is 0.355 e. The van der Waals surface area contributed by atoms with Gasteiger partial charge in [0.25, 0.3) is 0 Å². The first kappa shape index (κ1) is 13.9. The van der Waals surface area contributed by atoms with E-state index in [-0.39, 0.29) is 11.5 Å². The van der Waals surface area contributed by atoms with Crippen LogP contribution in [0.1, 0.15) is 5.56 Å². The summed E-state index contributed by atoms with van der Waals surface area (Å²) in [5.41, 5.74) is 2.23. The molecule has 0 bridgehead atoms. The SMILES string of the molecule is Cc1cccn2c([N+](=O)[O-])c(-c3ccc(Cl)c(Cl)c3)nc12. The number of halogens is 2. The molecule has 0 fully saturated rings. The third kappa shape index (κ3) is 2.24. The molecule has 1 aromatic carbocycles. The van der Waals surface area contributed by atoms with Crippen LogP contribution in [0.25, 0.3) is 16.9 Å². The summed E-state index contributed by atoms with van der Waals surface area (Å²) in [4.78, 5) is 15.4. The molecule has 0 saturated heterocycles. The molecular weight excluding hydrogens is 313 g/mol. The van der Waals surface area contributed by atoms with Gasteiger partial charge in [-0.3, -0.25) is 0 Å². The molecule has 3 aromatic rings. The summed E-state index contributed by atoms with van der Waals surface area (Å²) in [7, 11) is 0. The number of hydrogen-bond donors (Lipinski definition) is 0. The lowest BCUT2D eigenvalue weighted by molar-refractivity contribution is -0.389. The fourth-order valence-electron chi connectivity index (χ4n) is 2.20. The zero-order valence-electron chi connectivity index (χ0n) is 10.9. The number of aromatic nitrogens is 2. The molecule has 0 radical (unpaired) electrons. The van der Waals surface area contributed by atoms with Gasteiger partial charge in [0, 0.05) is 11.1 Å². The highest BCUT2D eigenvalue weighted by molar-refractivity contribution is 6.42. The summed E-state index contributed by atoms with van der Waals surface area (Å²) in [6.45, 7) is 1.85. The molecule has 2 aromatic heterocycles. The van der Waals surface area contributed by atoms with Gasteiger partial charge in [0.05, 0.1) is 16.2 Å². The molecule has 0 N–H and O–H groups in total. The molecule has 106 valence electrons. The molecule has 0 aliphatic carbocycles. The average molecular weight is 322 g/mol. The van der Waals surface area contributed by atoms with E-state index in [0.29, 0.717) is 21.3 Å². The van der Waals surface area contributed by atoms with Crippen LogP contribution in [0.4, 0.5) is 5.82 Å². The van der Waals surface area contributed by atoms with Gasteiger partial charge in [-0.05, 0) is 36.1 Å². The zero-order chi connectivity index (χ0) is 15.1. The van der Waals surface area contributed by atoms with Crippen molar-refractivity contribution < 1.29 is 4.92 Å². The molecule has 0 saturated carbocycles. The van der Waals surface area contributed by atoms with Crippen molar-refractivity contribution in [3.63, 3.8) is 0 Å². The number of hydrogen-bond acceptors (Lipinski definition) is 3. The molecule has 0 aliphatic heterocycles. The molecule has 0 aliphatic rings. The smallest absolute Gasteiger partial charge is 0.355 e. The van der Waals surface area contributed by atoms with Crippen molar-refractivity contribution in [2.45, 2.75) is 6.92 Å². The highest BCUT2D eigenvalue weighted by Crippen LogP contribution is 2.34. The van der Waals surface area contributed by atoms with Crippen LogP contribution in [0.15, 0.2) is 36.5 Å². The Labute approximate surface area is 129 Å². The van der Waals surface area contributed by atoms with E-state index in [1.54, 1.807) is 30.5 Å². The Morgan fingerprint density at radius 3 is 2.67 bits per heavy atom. The highest BCUT2D eigenvalue weighted by atomic mass is 35.5. The Morgan fingerprint density at radius 1 is 1.24 bits per heavy atom. The van der Waals surface area contributed by atoms with E-state index >= 15 is 0 Å². The molecule has 7 heteroatoms. The topological polar surface area (TPSA) is 60.4 Å². The highest BCUT2D eigenvalue weighted by Gasteiger charge is 2.24. The van der Waals surface area contributed by atoms with Crippen molar-refractivity contribution in [3.8, 4) is 11.3 Å². The number of benzene rings is 1. The van der Waals surface area contributed by atoms with Crippen LogP contribution >= 0.6 is 23.2 Å². The summed E-state index contributed by atoms with van der Waals surface area (Å²) in [6, 6.07) is 8.44. The predicted molar refractivity (Wildman–Crippen MR) is 82.0 cm³/mol. The van der Waals surface area contributed by atoms with Gasteiger partial charge in [0.15, 0.2) is 5.69 Å². The van der Waals surface area contributed by atoms with Gasteiger partial charge in [-0.15, -0.1) is 0 Å². The van der Waals surface area contributed by atoms with Gasteiger partial charge >= 0.3 is 5.82 Å². The van der Waals surface area contributed by atoms with Crippen molar-refractivity contribution in [3.05, 3.63) is 62.3 Å². The van der Waals surface area contributed by atoms with Gasteiger partial charge in [-0.2, -0.15) is 9.38 Å². The second-order valence-electron chi connectivity index (χ2n) is 4.55. The van der Waals surface area contributed by atoms with E-state index in [1.807, 2.05) is 13.0 Å². The normalized spacial score (nSPS) is 11.0. The molecule has 0 amide bonds. The lowest BCUT2D eigenvalue weighted by Gasteiger charge is -2.01. The maximum atomic E-state index is 11.4. The quantitative estimate of drug-likeness (QED) is 0.514. The lowest BCUT2D eigenvalue weighted by Crippen LogP contribution is -1.96. The summed E-state index contributed by atoms with van der Waals surface area (Å²) in [5, 5.41) is 12.1. The summed E-state index contributed by atoms with van der Waals surface area (Å²) in [5.74, 6) is -0.0907. The first-order valence-electron chi connectivity index (χ1n) is 6.06. The standard InChI is InChI=1S/C14H9Cl2N3O2/c1-8-3-2-6-18-13(8)17-12(14(18)19(20)21)9-4-5-10(15)11(16)7-9/h2-7H,1H3. The van der Waals surface area contributed by atoms with E-state index < -0.39 is 4.92 Å². The van der Waals surface area contributed by atoms with Crippen molar-refractivity contribution in [2.24, 2.45) is 0 Å². The number of nitro groups is 1. The lowest BCUT2D eigenvalue weighted by atomic mass is 10.1. The first-order valence-corrected chi connectivity index (χ1v) is 6.82. The average Bonchev–Trinajstić information content (AvgIpc) is 2.83. The van der Waals surface area contributed by atoms with Crippen molar-refractivity contribution in [1.29, 1.82) is 0 Å². The molecule has 5 nitrogen and oxygen atoms in total. The molecule has 0 atom stereocenters. The van der Waals surface area contributed by atoms with Crippen molar-refractivity contribution >= 4 is 34.7 Å². The van der Waals surface area contributed by atoms with Gasteiger partial charge in [-0.25, -0.2) is 0 Å². The largest absolute Gasteiger partial charge is 0.358 e. The monoisotopic (exact) mass is 321 g/mol. The van der Waals surface area contributed by atoms with Crippen molar-refractivity contribution in [1.82, 2.24) is 9.38 Å². The van der Waals surface area contributed by atoms with Gasteiger partial charge < -0.3 is 10.1 Å². The zero-order valence-corrected chi connectivity index (χ0v) is 12.4. The minimum absolute atomic E-state index is 0.0907. The molecular formula is C14H9Cl2N3O2. The summed E-state index contributed by atoms with van der Waals surface area (Å²) >= 11 is 11.9. The Balaban J connectivity index is 2.36. The predicted octanol–water partition coefficient (Wildman–Crippen LogP) is 4.52. The van der Waals surface area contributed by atoms with Crippen LogP contribution in [0, 0.1) is 17.0 Å². The first-order chi connectivity index (χ1) is 9.99. The van der Waals surface area contributed by atoms with Crippen LogP contribution in [0.5, 0.6) is 0 Å². The summed E-state index contributed by atoms with van der Waals surface area (Å²) in [6.07, 6.45) is 1.62. The van der Waals surface area contributed by atoms with E-state index in [9.17, 15) is 10.1 Å². The van der Waals surface area contributed by atoms with Crippen LogP contribution in [0.3, 0.4) is 0 Å². The molecule has 21 heavy (non-hydrogen) atoms. The third-order valence-electron chi connectivity index (χ3n) is 3.19. The number of nitrogens with zero attached hydrogens (tertiary/aromatic N) is 3. The Bertz CT molecular complexity index is 874. The number of imidazole rings is 1. The second-order valence-corrected chi connectivity index (χ2v) is 5.37. The van der Waals surface area contributed by atoms with Crippen LogP contribution in [-0.2, 0) is 0 Å². The Kier molecular flexibility index (Phi) is 3.31. The van der Waals surface area contributed by atoms with E-state index in [1.165, 1.54) is 4.40 Å². The van der Waals surface area contributed by atoms with E-state index in [0.717, 1.165) is 5.56 Å². The minimum atomic E-state index is -0.447. The maximum absolute atomic E-state index is 11.4. The third-order valence-corrected chi connectivity index (χ3v) is 3.92. The number of rotatable bonds is 2. The molecule has 0 unspecified atom stereocenters. The Morgan fingerprint density at radius 2 is 2.00 bits per heavy atom. The van der Waals surface area contributed by atoms with Crippen molar-refractivity contribution in [2.75, 3.05) is 0 Å². The fourth-order valence-corrected chi connectivity index (χ4v) is 2.50. The van der Waals surface area contributed by atoms with Gasteiger partial charge in [0.1, 0.15) is 0 Å². The Hall–Kier alpha value is -2.11. The number of pyridine rings is 1. The molecule has 2 heterocycles. The van der Waals surface area contributed by atoms with Crippen LogP contribution in [0.2, 0.25) is 10.0 Å². The number of aryl methyl sites for hydroxylation is 1. The second kappa shape index (κ2) is 5.02. The minimum Gasteiger partial charge on any atom is -0.358 e. The molecule has 3 rings (SSSR count). The van der Waals surface area contributed by atoms with Crippen LogP contribution in [-0.4, -0.2) is 14.3 Å². The van der Waals surface area contributed by atoms with E-state index in [2.05, 4.69) is 4.98 Å². The van der Waals surface area contributed by atoms with Gasteiger partial charge in [-0.1, -0.05) is 29.3 Å². The number of fused-ring (bicyclic) bond motifs is 1. The van der Waals surface area contributed by atoms with Gasteiger partial charge in [0.2, 0.25) is 5.65 Å².